The normalized spacial score (nSPS) is 16.9. The maximum absolute atomic E-state index is 13.9. The third-order valence-electron chi connectivity index (χ3n) is 5.83. The predicted octanol–water partition coefficient (Wildman–Crippen LogP) is 3.75. The van der Waals surface area contributed by atoms with Gasteiger partial charge in [0, 0.05) is 24.4 Å². The first kappa shape index (κ1) is 20.2. The number of hydrogen-bond acceptors (Lipinski definition) is 4. The van der Waals surface area contributed by atoms with Crippen molar-refractivity contribution in [3.63, 3.8) is 0 Å². The zero-order valence-electron chi connectivity index (χ0n) is 18.1. The van der Waals surface area contributed by atoms with Crippen molar-refractivity contribution in [2.75, 3.05) is 13.7 Å². The molecule has 3 heterocycles. The zero-order chi connectivity index (χ0) is 21.3. The van der Waals surface area contributed by atoms with E-state index < -0.39 is 0 Å². The van der Waals surface area contributed by atoms with Crippen molar-refractivity contribution in [2.24, 2.45) is 0 Å². The van der Waals surface area contributed by atoms with Crippen LogP contribution in [0.5, 0.6) is 5.75 Å². The molecule has 1 aliphatic heterocycles. The van der Waals surface area contributed by atoms with Gasteiger partial charge in [-0.15, -0.1) is 0 Å². The lowest BCUT2D eigenvalue weighted by atomic mass is 9.94. The minimum atomic E-state index is -0.315. The van der Waals surface area contributed by atoms with Gasteiger partial charge in [-0.3, -0.25) is 9.48 Å². The number of nitrogens with zero attached hydrogens (tertiary/aromatic N) is 4. The molecule has 0 aliphatic carbocycles. The molecule has 2 aromatic heterocycles. The number of H-pyrrole nitrogens is 1. The highest BCUT2D eigenvalue weighted by molar-refractivity contribution is 5.81. The van der Waals surface area contributed by atoms with Gasteiger partial charge in [0.2, 0.25) is 5.91 Å². The van der Waals surface area contributed by atoms with Gasteiger partial charge < -0.3 is 14.6 Å². The monoisotopic (exact) mass is 407 g/mol. The van der Waals surface area contributed by atoms with Crippen LogP contribution in [0.3, 0.4) is 0 Å². The highest BCUT2D eigenvalue weighted by Gasteiger charge is 2.37. The number of fused-ring (bicyclic) bond motifs is 1. The Labute approximate surface area is 177 Å². The number of aryl methyl sites for hydroxylation is 2. The molecule has 2 atom stereocenters. The quantitative estimate of drug-likeness (QED) is 0.675. The van der Waals surface area contributed by atoms with Crippen molar-refractivity contribution >= 4 is 5.91 Å². The van der Waals surface area contributed by atoms with Gasteiger partial charge in [0.1, 0.15) is 17.8 Å². The number of methoxy groups -OCH3 is 1. The Morgan fingerprint density at radius 1 is 1.30 bits per heavy atom. The Hall–Kier alpha value is -3.09. The van der Waals surface area contributed by atoms with Gasteiger partial charge in [0.25, 0.3) is 0 Å². The standard InChI is InChI=1S/C23H29N5O2/c1-5-6-20(28-16(3)13-15(2)26-28)23(29)27-12-11-19-21(25-14-24-19)22(27)17-7-9-18(30-4)10-8-17/h7-10,13-14,20,22H,5-6,11-12H2,1-4H3,(H,24,25)/t20-,22+/m1/s1. The van der Waals surface area contributed by atoms with Gasteiger partial charge in [-0.05, 0) is 44.0 Å². The topological polar surface area (TPSA) is 76.0 Å². The molecular formula is C23H29N5O2. The van der Waals surface area contributed by atoms with E-state index in [0.717, 1.165) is 53.4 Å². The lowest BCUT2D eigenvalue weighted by molar-refractivity contribution is -0.137. The van der Waals surface area contributed by atoms with E-state index >= 15 is 0 Å². The maximum atomic E-state index is 13.9. The van der Waals surface area contributed by atoms with Crippen molar-refractivity contribution in [3.05, 3.63) is 65.0 Å². The maximum Gasteiger partial charge on any atom is 0.248 e. The van der Waals surface area contributed by atoms with E-state index in [1.165, 1.54) is 0 Å². The van der Waals surface area contributed by atoms with Gasteiger partial charge >= 0.3 is 0 Å². The molecule has 0 unspecified atom stereocenters. The predicted molar refractivity (Wildman–Crippen MR) is 114 cm³/mol. The average molecular weight is 408 g/mol. The van der Waals surface area contributed by atoms with Gasteiger partial charge in [0.15, 0.2) is 0 Å². The molecule has 0 saturated heterocycles. The first-order valence-corrected chi connectivity index (χ1v) is 10.5. The molecule has 0 bridgehead atoms. The van der Waals surface area contributed by atoms with Crippen LogP contribution in [-0.2, 0) is 11.2 Å². The Balaban J connectivity index is 1.74. The number of carbonyl (C=O) groups excluding carboxylic acids is 1. The lowest BCUT2D eigenvalue weighted by Crippen LogP contribution is -2.44. The molecule has 0 radical (unpaired) electrons. The number of nitrogens with one attached hydrogen (secondary N) is 1. The summed E-state index contributed by atoms with van der Waals surface area (Å²) >= 11 is 0. The minimum Gasteiger partial charge on any atom is -0.497 e. The van der Waals surface area contributed by atoms with Crippen LogP contribution in [-0.4, -0.2) is 44.2 Å². The molecule has 158 valence electrons. The molecule has 0 fully saturated rings. The molecule has 1 amide bonds. The summed E-state index contributed by atoms with van der Waals surface area (Å²) in [7, 11) is 1.65. The molecule has 7 nitrogen and oxygen atoms in total. The van der Waals surface area contributed by atoms with Crippen LogP contribution in [0.25, 0.3) is 0 Å². The van der Waals surface area contributed by atoms with Gasteiger partial charge in [0.05, 0.1) is 24.8 Å². The SMILES string of the molecule is CCC[C@H](C(=O)N1CCc2[nH]cnc2[C@@H]1c1ccc(OC)cc1)n1nc(C)cc1C. The summed E-state index contributed by atoms with van der Waals surface area (Å²) in [5.74, 6) is 0.888. The van der Waals surface area contributed by atoms with Gasteiger partial charge in [-0.1, -0.05) is 25.5 Å². The molecule has 7 heteroatoms. The summed E-state index contributed by atoms with van der Waals surface area (Å²) < 4.78 is 7.21. The smallest absolute Gasteiger partial charge is 0.248 e. The first-order valence-electron chi connectivity index (χ1n) is 10.5. The van der Waals surface area contributed by atoms with Gasteiger partial charge in [-0.25, -0.2) is 4.98 Å². The average Bonchev–Trinajstić information content (AvgIpc) is 3.36. The number of imidazole rings is 1. The van der Waals surface area contributed by atoms with E-state index in [2.05, 4.69) is 22.0 Å². The Morgan fingerprint density at radius 2 is 2.07 bits per heavy atom. The number of ether oxygens (including phenoxy) is 1. The second-order valence-electron chi connectivity index (χ2n) is 7.90. The Morgan fingerprint density at radius 3 is 2.70 bits per heavy atom. The summed E-state index contributed by atoms with van der Waals surface area (Å²) in [5, 5.41) is 4.63. The fraction of sp³-hybridized carbons (Fsp3) is 0.435. The highest BCUT2D eigenvalue weighted by Crippen LogP contribution is 2.36. The molecule has 30 heavy (non-hydrogen) atoms. The Kier molecular flexibility index (Phi) is 5.61. The van der Waals surface area contributed by atoms with E-state index in [1.54, 1.807) is 13.4 Å². The summed E-state index contributed by atoms with van der Waals surface area (Å²) in [6, 6.07) is 9.39. The molecule has 1 aliphatic rings. The van der Waals surface area contributed by atoms with Crippen LogP contribution in [0.2, 0.25) is 0 Å². The van der Waals surface area contributed by atoms with E-state index in [4.69, 9.17) is 4.74 Å². The second-order valence-corrected chi connectivity index (χ2v) is 7.90. The van der Waals surface area contributed by atoms with Crippen LogP contribution in [0.4, 0.5) is 0 Å². The lowest BCUT2D eigenvalue weighted by Gasteiger charge is -2.37. The van der Waals surface area contributed by atoms with E-state index in [1.807, 2.05) is 53.8 Å². The number of rotatable bonds is 6. The molecule has 1 aromatic carbocycles. The number of aromatic amines is 1. The van der Waals surface area contributed by atoms with Crippen molar-refractivity contribution < 1.29 is 9.53 Å². The second kappa shape index (κ2) is 8.34. The molecule has 0 saturated carbocycles. The molecule has 4 rings (SSSR count). The fourth-order valence-electron chi connectivity index (χ4n) is 4.41. The van der Waals surface area contributed by atoms with Crippen LogP contribution >= 0.6 is 0 Å². The van der Waals surface area contributed by atoms with Crippen LogP contribution < -0.4 is 4.74 Å². The van der Waals surface area contributed by atoms with E-state index in [9.17, 15) is 4.79 Å². The van der Waals surface area contributed by atoms with E-state index in [0.29, 0.717) is 6.54 Å². The number of benzene rings is 1. The minimum absolute atomic E-state index is 0.0949. The fourth-order valence-corrected chi connectivity index (χ4v) is 4.41. The summed E-state index contributed by atoms with van der Waals surface area (Å²) in [6.45, 7) is 6.73. The molecule has 3 aromatic rings. The van der Waals surface area contributed by atoms with Gasteiger partial charge in [-0.2, -0.15) is 5.10 Å². The number of carbonyl (C=O) groups is 1. The summed E-state index contributed by atoms with van der Waals surface area (Å²) in [4.78, 5) is 23.7. The van der Waals surface area contributed by atoms with Crippen LogP contribution in [0.15, 0.2) is 36.7 Å². The third-order valence-corrected chi connectivity index (χ3v) is 5.83. The first-order chi connectivity index (χ1) is 14.5. The van der Waals surface area contributed by atoms with Crippen LogP contribution in [0.1, 0.15) is 60.2 Å². The third kappa shape index (κ3) is 3.60. The molecule has 1 N–H and O–H groups in total. The van der Waals surface area contributed by atoms with E-state index in [-0.39, 0.29) is 18.0 Å². The van der Waals surface area contributed by atoms with Crippen molar-refractivity contribution in [2.45, 2.75) is 52.1 Å². The van der Waals surface area contributed by atoms with Crippen molar-refractivity contribution in [1.29, 1.82) is 0 Å². The highest BCUT2D eigenvalue weighted by atomic mass is 16.5. The summed E-state index contributed by atoms with van der Waals surface area (Å²) in [5.41, 5.74) is 4.99. The number of aromatic nitrogens is 4. The van der Waals surface area contributed by atoms with Crippen LogP contribution in [0, 0.1) is 13.8 Å². The van der Waals surface area contributed by atoms with Crippen molar-refractivity contribution in [3.8, 4) is 5.75 Å². The van der Waals surface area contributed by atoms with Crippen molar-refractivity contribution in [1.82, 2.24) is 24.6 Å². The molecular weight excluding hydrogens is 378 g/mol. The number of amides is 1. The number of hydrogen-bond donors (Lipinski definition) is 1. The largest absolute Gasteiger partial charge is 0.497 e. The molecule has 0 spiro atoms. The zero-order valence-corrected chi connectivity index (χ0v) is 18.1. The summed E-state index contributed by atoms with van der Waals surface area (Å²) in [6.07, 6.45) is 4.15. The Bertz CT molecular complexity index is 1020.